The first-order chi connectivity index (χ1) is 11.7. The van der Waals surface area contributed by atoms with Gasteiger partial charge in [-0.25, -0.2) is 0 Å². The number of rotatable bonds is 10. The Kier molecular flexibility index (Phi) is 7.75. The van der Waals surface area contributed by atoms with Gasteiger partial charge in [-0.15, -0.1) is 0 Å². The van der Waals surface area contributed by atoms with Crippen LogP contribution in [-0.2, 0) is 4.74 Å². The molecule has 24 heavy (non-hydrogen) atoms. The maximum absolute atomic E-state index is 10.0. The van der Waals surface area contributed by atoms with E-state index in [-0.39, 0.29) is 0 Å². The number of nitrogens with one attached hydrogen (secondary N) is 1. The van der Waals surface area contributed by atoms with E-state index in [2.05, 4.69) is 5.32 Å². The topological polar surface area (TPSA) is 50.7 Å². The SMILES string of the molecule is Cc1cccc(C)c1OCCOCCNC[C@H](O)c1ccccc1. The number of para-hydroxylation sites is 1. The van der Waals surface area contributed by atoms with Gasteiger partial charge in [0.2, 0.25) is 0 Å². The van der Waals surface area contributed by atoms with Crippen LogP contribution in [0.1, 0.15) is 22.8 Å². The van der Waals surface area contributed by atoms with Crippen LogP contribution in [-0.4, -0.2) is 38.0 Å². The van der Waals surface area contributed by atoms with E-state index in [0.717, 1.165) is 22.4 Å². The van der Waals surface area contributed by atoms with Crippen molar-refractivity contribution in [1.82, 2.24) is 5.32 Å². The molecule has 2 rings (SSSR count). The van der Waals surface area contributed by atoms with Crippen LogP contribution in [0.2, 0.25) is 0 Å². The fourth-order valence-corrected chi connectivity index (χ4v) is 2.51. The first-order valence-corrected chi connectivity index (χ1v) is 8.39. The lowest BCUT2D eigenvalue weighted by Crippen LogP contribution is -2.26. The van der Waals surface area contributed by atoms with Gasteiger partial charge in [-0.05, 0) is 30.5 Å². The highest BCUT2D eigenvalue weighted by Crippen LogP contribution is 2.21. The van der Waals surface area contributed by atoms with Gasteiger partial charge in [0.15, 0.2) is 0 Å². The summed E-state index contributed by atoms with van der Waals surface area (Å²) in [6.45, 7) is 7.00. The van der Waals surface area contributed by atoms with Crippen LogP contribution in [0.25, 0.3) is 0 Å². The second kappa shape index (κ2) is 10.1. The summed E-state index contributed by atoms with van der Waals surface area (Å²) in [5.41, 5.74) is 3.21. The molecule has 0 fully saturated rings. The summed E-state index contributed by atoms with van der Waals surface area (Å²) < 4.78 is 11.3. The molecule has 4 nitrogen and oxygen atoms in total. The predicted molar refractivity (Wildman–Crippen MR) is 96.5 cm³/mol. The number of hydrogen-bond donors (Lipinski definition) is 2. The fraction of sp³-hybridized carbons (Fsp3) is 0.400. The fourth-order valence-electron chi connectivity index (χ4n) is 2.51. The van der Waals surface area contributed by atoms with Gasteiger partial charge >= 0.3 is 0 Å². The van der Waals surface area contributed by atoms with Gasteiger partial charge in [0.25, 0.3) is 0 Å². The Hall–Kier alpha value is -1.88. The molecular formula is C20H27NO3. The number of aliphatic hydroxyl groups excluding tert-OH is 1. The summed E-state index contributed by atoms with van der Waals surface area (Å²) in [5, 5.41) is 13.2. The quantitative estimate of drug-likeness (QED) is 0.658. The average molecular weight is 329 g/mol. The Bertz CT molecular complexity index is 581. The summed E-state index contributed by atoms with van der Waals surface area (Å²) in [4.78, 5) is 0. The summed E-state index contributed by atoms with van der Waals surface area (Å²) in [6.07, 6.45) is -0.487. The number of aryl methyl sites for hydroxylation is 2. The van der Waals surface area contributed by atoms with Crippen LogP contribution in [0.5, 0.6) is 5.75 Å². The number of aliphatic hydroxyl groups is 1. The standard InChI is InChI=1S/C20H27NO3/c1-16-7-6-8-17(2)20(16)24-14-13-23-12-11-21-15-19(22)18-9-4-3-5-10-18/h3-10,19,21-22H,11-15H2,1-2H3/t19-/m0/s1. The van der Waals surface area contributed by atoms with Gasteiger partial charge in [-0.1, -0.05) is 48.5 Å². The Labute approximate surface area is 144 Å². The number of benzene rings is 2. The van der Waals surface area contributed by atoms with E-state index >= 15 is 0 Å². The molecule has 2 N–H and O–H groups in total. The molecule has 1 atom stereocenters. The molecule has 0 bridgehead atoms. The molecule has 0 radical (unpaired) electrons. The van der Waals surface area contributed by atoms with E-state index in [9.17, 15) is 5.11 Å². The third kappa shape index (κ3) is 5.96. The summed E-state index contributed by atoms with van der Waals surface area (Å²) in [6, 6.07) is 15.8. The Morgan fingerprint density at radius 2 is 1.62 bits per heavy atom. The van der Waals surface area contributed by atoms with Gasteiger partial charge in [-0.3, -0.25) is 0 Å². The third-order valence-electron chi connectivity index (χ3n) is 3.83. The Balaban J connectivity index is 1.53. The van der Waals surface area contributed by atoms with Crippen molar-refractivity contribution in [3.05, 3.63) is 65.2 Å². The summed E-state index contributed by atoms with van der Waals surface area (Å²) >= 11 is 0. The van der Waals surface area contributed by atoms with Gasteiger partial charge in [0, 0.05) is 13.1 Å². The first kappa shape index (κ1) is 18.5. The van der Waals surface area contributed by atoms with Crippen molar-refractivity contribution in [2.24, 2.45) is 0 Å². The predicted octanol–water partition coefficient (Wildman–Crippen LogP) is 3.02. The number of hydrogen-bond acceptors (Lipinski definition) is 4. The molecule has 130 valence electrons. The molecule has 2 aromatic rings. The van der Waals surface area contributed by atoms with Crippen LogP contribution >= 0.6 is 0 Å². The van der Waals surface area contributed by atoms with E-state index < -0.39 is 6.10 Å². The van der Waals surface area contributed by atoms with Crippen molar-refractivity contribution in [3.63, 3.8) is 0 Å². The molecule has 0 amide bonds. The second-order valence-electron chi connectivity index (χ2n) is 5.81. The van der Waals surface area contributed by atoms with E-state index in [1.807, 2.05) is 62.4 Å². The minimum atomic E-state index is -0.487. The molecule has 0 heterocycles. The molecule has 0 unspecified atom stereocenters. The Morgan fingerprint density at radius 3 is 2.33 bits per heavy atom. The minimum absolute atomic E-state index is 0.487. The summed E-state index contributed by atoms with van der Waals surface area (Å²) in [5.74, 6) is 0.949. The lowest BCUT2D eigenvalue weighted by Gasteiger charge is -2.13. The van der Waals surface area contributed by atoms with Gasteiger partial charge in [0.05, 0.1) is 19.3 Å². The zero-order valence-corrected chi connectivity index (χ0v) is 14.5. The zero-order chi connectivity index (χ0) is 17.2. The lowest BCUT2D eigenvalue weighted by atomic mass is 10.1. The number of ether oxygens (including phenoxy) is 2. The molecule has 0 aliphatic carbocycles. The van der Waals surface area contributed by atoms with Crippen LogP contribution < -0.4 is 10.1 Å². The largest absolute Gasteiger partial charge is 0.491 e. The van der Waals surface area contributed by atoms with E-state index in [4.69, 9.17) is 9.47 Å². The van der Waals surface area contributed by atoms with Crippen LogP contribution in [0, 0.1) is 13.8 Å². The van der Waals surface area contributed by atoms with Crippen molar-refractivity contribution in [3.8, 4) is 5.75 Å². The summed E-state index contributed by atoms with van der Waals surface area (Å²) in [7, 11) is 0. The molecule has 0 saturated carbocycles. The molecule has 0 aliphatic heterocycles. The highest BCUT2D eigenvalue weighted by Gasteiger charge is 2.05. The first-order valence-electron chi connectivity index (χ1n) is 8.39. The molecule has 0 aromatic heterocycles. The molecule has 0 saturated heterocycles. The molecule has 4 heteroatoms. The molecule has 0 aliphatic rings. The maximum Gasteiger partial charge on any atom is 0.125 e. The normalized spacial score (nSPS) is 12.1. The zero-order valence-electron chi connectivity index (χ0n) is 14.5. The molecular weight excluding hydrogens is 302 g/mol. The van der Waals surface area contributed by atoms with Gasteiger partial charge < -0.3 is 19.9 Å². The lowest BCUT2D eigenvalue weighted by molar-refractivity contribution is 0.0978. The smallest absolute Gasteiger partial charge is 0.125 e. The van der Waals surface area contributed by atoms with Crippen LogP contribution in [0.3, 0.4) is 0 Å². The molecule has 0 spiro atoms. The van der Waals surface area contributed by atoms with Gasteiger partial charge in [-0.2, -0.15) is 0 Å². The monoisotopic (exact) mass is 329 g/mol. The van der Waals surface area contributed by atoms with Crippen LogP contribution in [0.15, 0.2) is 48.5 Å². The van der Waals surface area contributed by atoms with Crippen molar-refractivity contribution in [2.45, 2.75) is 20.0 Å². The van der Waals surface area contributed by atoms with Crippen molar-refractivity contribution in [1.29, 1.82) is 0 Å². The molecule has 2 aromatic carbocycles. The van der Waals surface area contributed by atoms with Crippen molar-refractivity contribution < 1.29 is 14.6 Å². The average Bonchev–Trinajstić information content (AvgIpc) is 2.60. The van der Waals surface area contributed by atoms with E-state index in [1.54, 1.807) is 0 Å². The van der Waals surface area contributed by atoms with Crippen molar-refractivity contribution in [2.75, 3.05) is 32.9 Å². The Morgan fingerprint density at radius 1 is 0.917 bits per heavy atom. The third-order valence-corrected chi connectivity index (χ3v) is 3.83. The van der Waals surface area contributed by atoms with E-state index in [0.29, 0.717) is 32.9 Å². The van der Waals surface area contributed by atoms with Crippen molar-refractivity contribution >= 4 is 0 Å². The highest BCUT2D eigenvalue weighted by molar-refractivity contribution is 5.39. The highest BCUT2D eigenvalue weighted by atomic mass is 16.5. The van der Waals surface area contributed by atoms with E-state index in [1.165, 1.54) is 0 Å². The van der Waals surface area contributed by atoms with Crippen LogP contribution in [0.4, 0.5) is 0 Å². The maximum atomic E-state index is 10.0. The minimum Gasteiger partial charge on any atom is -0.491 e. The second-order valence-corrected chi connectivity index (χ2v) is 5.81. The van der Waals surface area contributed by atoms with Gasteiger partial charge in [0.1, 0.15) is 12.4 Å².